The molecule has 0 aliphatic heterocycles. The van der Waals surface area contributed by atoms with Crippen molar-refractivity contribution in [3.63, 3.8) is 0 Å². The Kier molecular flexibility index (Phi) is 4.30. The average Bonchev–Trinajstić information content (AvgIpc) is 3.17. The van der Waals surface area contributed by atoms with E-state index in [-0.39, 0.29) is 11.2 Å². The Hall–Kier alpha value is -3.00. The number of imidazole rings is 2. The summed E-state index contributed by atoms with van der Waals surface area (Å²) in [6.07, 6.45) is 1.87. The lowest BCUT2D eigenvalue weighted by molar-refractivity contribution is 0.706. The Balaban J connectivity index is 1.71. The molecule has 0 fully saturated rings. The monoisotopic (exact) mass is 400 g/mol. The summed E-state index contributed by atoms with van der Waals surface area (Å²) >= 11 is 6.18. The molecule has 0 unspecified atom stereocenters. The van der Waals surface area contributed by atoms with E-state index in [1.54, 1.807) is 11.4 Å². The van der Waals surface area contributed by atoms with Crippen molar-refractivity contribution < 1.29 is 0 Å². The van der Waals surface area contributed by atoms with Crippen LogP contribution < -0.4 is 16.6 Å². The number of aryl methyl sites for hydroxylation is 3. The first kappa shape index (κ1) is 18.4. The van der Waals surface area contributed by atoms with Crippen LogP contribution in [0.2, 0.25) is 5.02 Å². The third kappa shape index (κ3) is 2.72. The SMILES string of the molecule is Cc1ccc(NCCn2c(C)cn3c4c(=O)n(C)c(=O)n(C)c4nc23)cc1Cl. The summed E-state index contributed by atoms with van der Waals surface area (Å²) < 4.78 is 6.28. The summed E-state index contributed by atoms with van der Waals surface area (Å²) in [7, 11) is 3.10. The molecule has 0 amide bonds. The molecule has 9 heteroatoms. The second kappa shape index (κ2) is 6.56. The zero-order valence-corrected chi connectivity index (χ0v) is 16.9. The van der Waals surface area contributed by atoms with Crippen molar-refractivity contribution in [2.24, 2.45) is 14.1 Å². The predicted molar refractivity (Wildman–Crippen MR) is 111 cm³/mol. The average molecular weight is 401 g/mol. The molecule has 0 saturated heterocycles. The molecule has 28 heavy (non-hydrogen) atoms. The lowest BCUT2D eigenvalue weighted by atomic mass is 10.2. The van der Waals surface area contributed by atoms with Gasteiger partial charge in [0.25, 0.3) is 5.56 Å². The molecule has 0 aliphatic carbocycles. The van der Waals surface area contributed by atoms with Crippen molar-refractivity contribution in [1.29, 1.82) is 0 Å². The number of benzene rings is 1. The minimum atomic E-state index is -0.389. The van der Waals surface area contributed by atoms with Gasteiger partial charge in [-0.2, -0.15) is 4.98 Å². The van der Waals surface area contributed by atoms with Gasteiger partial charge in [0.2, 0.25) is 5.78 Å². The quantitative estimate of drug-likeness (QED) is 0.568. The smallest absolute Gasteiger partial charge is 0.332 e. The van der Waals surface area contributed by atoms with Gasteiger partial charge < -0.3 is 9.88 Å². The largest absolute Gasteiger partial charge is 0.383 e. The van der Waals surface area contributed by atoms with Gasteiger partial charge in [-0.1, -0.05) is 17.7 Å². The zero-order chi connectivity index (χ0) is 20.2. The van der Waals surface area contributed by atoms with Crippen molar-refractivity contribution in [1.82, 2.24) is 23.1 Å². The lowest BCUT2D eigenvalue weighted by Crippen LogP contribution is -2.37. The molecule has 4 rings (SSSR count). The van der Waals surface area contributed by atoms with Crippen LogP contribution in [0.25, 0.3) is 16.9 Å². The third-order valence-corrected chi connectivity index (χ3v) is 5.50. The van der Waals surface area contributed by atoms with Crippen molar-refractivity contribution >= 4 is 34.2 Å². The van der Waals surface area contributed by atoms with E-state index in [1.165, 1.54) is 11.6 Å². The van der Waals surface area contributed by atoms with Crippen molar-refractivity contribution in [3.05, 3.63) is 61.5 Å². The maximum Gasteiger partial charge on any atom is 0.332 e. The van der Waals surface area contributed by atoms with Crippen LogP contribution in [-0.4, -0.2) is 29.6 Å². The number of halogens is 1. The van der Waals surface area contributed by atoms with E-state index >= 15 is 0 Å². The van der Waals surface area contributed by atoms with Crippen molar-refractivity contribution in [2.45, 2.75) is 20.4 Å². The molecule has 0 saturated carbocycles. The van der Waals surface area contributed by atoms with Crippen LogP contribution in [0.3, 0.4) is 0 Å². The van der Waals surface area contributed by atoms with E-state index in [2.05, 4.69) is 10.3 Å². The molecule has 1 N–H and O–H groups in total. The Labute approximate surface area is 165 Å². The van der Waals surface area contributed by atoms with Crippen LogP contribution in [0.1, 0.15) is 11.3 Å². The highest BCUT2D eigenvalue weighted by Gasteiger charge is 2.18. The number of nitrogens with zero attached hydrogens (tertiary/aromatic N) is 5. The van der Waals surface area contributed by atoms with Gasteiger partial charge in [-0.15, -0.1) is 0 Å². The molecule has 0 atom stereocenters. The molecule has 1 aromatic carbocycles. The number of hydrogen-bond donors (Lipinski definition) is 1. The summed E-state index contributed by atoms with van der Waals surface area (Å²) in [5.74, 6) is 0.634. The zero-order valence-electron chi connectivity index (χ0n) is 16.2. The van der Waals surface area contributed by atoms with Crippen LogP contribution in [0.15, 0.2) is 34.0 Å². The molecule has 8 nitrogen and oxygen atoms in total. The highest BCUT2D eigenvalue weighted by Crippen LogP contribution is 2.20. The second-order valence-corrected chi connectivity index (χ2v) is 7.38. The minimum absolute atomic E-state index is 0.352. The fraction of sp³-hybridized carbons (Fsp3) is 0.316. The van der Waals surface area contributed by atoms with Gasteiger partial charge in [0.15, 0.2) is 11.2 Å². The molecule has 0 bridgehead atoms. The van der Waals surface area contributed by atoms with Gasteiger partial charge in [0.05, 0.1) is 0 Å². The summed E-state index contributed by atoms with van der Waals surface area (Å²) in [5.41, 5.74) is 3.00. The molecule has 4 aromatic rings. The molecule has 3 heterocycles. The van der Waals surface area contributed by atoms with E-state index in [0.29, 0.717) is 30.0 Å². The topological polar surface area (TPSA) is 78.3 Å². The fourth-order valence-electron chi connectivity index (χ4n) is 3.42. The first-order chi connectivity index (χ1) is 13.3. The maximum atomic E-state index is 12.6. The first-order valence-electron chi connectivity index (χ1n) is 8.93. The second-order valence-electron chi connectivity index (χ2n) is 6.97. The fourth-order valence-corrected chi connectivity index (χ4v) is 3.60. The number of fused-ring (bicyclic) bond motifs is 3. The van der Waals surface area contributed by atoms with Gasteiger partial charge in [0, 0.05) is 49.8 Å². The van der Waals surface area contributed by atoms with Crippen LogP contribution >= 0.6 is 11.6 Å². The summed E-state index contributed by atoms with van der Waals surface area (Å²) in [5, 5.41) is 4.08. The van der Waals surface area contributed by atoms with Crippen LogP contribution in [0, 0.1) is 13.8 Å². The van der Waals surface area contributed by atoms with Crippen LogP contribution in [-0.2, 0) is 20.6 Å². The Morgan fingerprint density at radius 3 is 2.61 bits per heavy atom. The standard InChI is InChI=1S/C19H21ClN6O2/c1-11-5-6-13(9-14(11)20)21-7-8-25-12(2)10-26-15-16(22-18(25)26)23(3)19(28)24(4)17(15)27/h5-6,9-10,21H,7-8H2,1-4H3. The maximum absolute atomic E-state index is 12.6. The van der Waals surface area contributed by atoms with Gasteiger partial charge in [0.1, 0.15) is 0 Å². The van der Waals surface area contributed by atoms with E-state index in [0.717, 1.165) is 26.5 Å². The molecular weight excluding hydrogens is 380 g/mol. The lowest BCUT2D eigenvalue weighted by Gasteiger charge is -2.10. The van der Waals surface area contributed by atoms with E-state index < -0.39 is 0 Å². The summed E-state index contributed by atoms with van der Waals surface area (Å²) in [4.78, 5) is 29.4. The Morgan fingerprint density at radius 2 is 1.89 bits per heavy atom. The van der Waals surface area contributed by atoms with E-state index in [9.17, 15) is 9.59 Å². The highest BCUT2D eigenvalue weighted by molar-refractivity contribution is 6.31. The van der Waals surface area contributed by atoms with Crippen molar-refractivity contribution in [2.75, 3.05) is 11.9 Å². The van der Waals surface area contributed by atoms with E-state index in [1.807, 2.05) is 42.8 Å². The number of nitrogens with one attached hydrogen (secondary N) is 1. The van der Waals surface area contributed by atoms with Gasteiger partial charge in [-0.25, -0.2) is 4.79 Å². The van der Waals surface area contributed by atoms with Gasteiger partial charge in [-0.3, -0.25) is 18.3 Å². The number of aromatic nitrogens is 5. The van der Waals surface area contributed by atoms with Crippen LogP contribution in [0.5, 0.6) is 0 Å². The summed E-state index contributed by atoms with van der Waals surface area (Å²) in [6, 6.07) is 5.86. The van der Waals surface area contributed by atoms with Crippen molar-refractivity contribution in [3.8, 4) is 0 Å². The normalized spacial score (nSPS) is 11.6. The van der Waals surface area contributed by atoms with E-state index in [4.69, 9.17) is 11.6 Å². The van der Waals surface area contributed by atoms with Gasteiger partial charge in [-0.05, 0) is 31.5 Å². The predicted octanol–water partition coefficient (Wildman–Crippen LogP) is 2.07. The number of rotatable bonds is 4. The molecule has 0 radical (unpaired) electrons. The summed E-state index contributed by atoms with van der Waals surface area (Å²) in [6.45, 7) is 5.23. The first-order valence-corrected chi connectivity index (χ1v) is 9.31. The molecule has 0 aliphatic rings. The Bertz CT molecular complexity index is 1340. The third-order valence-electron chi connectivity index (χ3n) is 5.09. The minimum Gasteiger partial charge on any atom is -0.383 e. The highest BCUT2D eigenvalue weighted by atomic mass is 35.5. The van der Waals surface area contributed by atoms with Crippen LogP contribution in [0.4, 0.5) is 5.69 Å². The number of anilines is 1. The molecule has 3 aromatic heterocycles. The molecule has 0 spiro atoms. The molecular formula is C19H21ClN6O2. The number of hydrogen-bond acceptors (Lipinski definition) is 4. The van der Waals surface area contributed by atoms with Gasteiger partial charge >= 0.3 is 5.69 Å². The Morgan fingerprint density at radius 1 is 1.14 bits per heavy atom. The molecule has 146 valence electrons.